The second-order valence-corrected chi connectivity index (χ2v) is 6.44. The first-order valence-corrected chi connectivity index (χ1v) is 7.72. The monoisotopic (exact) mass is 286 g/mol. The van der Waals surface area contributed by atoms with Crippen LogP contribution in [0.5, 0.6) is 0 Å². The fourth-order valence-electron chi connectivity index (χ4n) is 3.54. The number of amides is 2. The van der Waals surface area contributed by atoms with Crippen LogP contribution in [0.25, 0.3) is 0 Å². The topological polar surface area (TPSA) is 49.4 Å². The lowest BCUT2D eigenvalue weighted by molar-refractivity contribution is -0.139. The first kappa shape index (κ1) is 14.1. The summed E-state index contributed by atoms with van der Waals surface area (Å²) in [6.45, 7) is 4.47. The molecule has 4 heteroatoms. The van der Waals surface area contributed by atoms with Crippen molar-refractivity contribution in [1.29, 1.82) is 0 Å². The van der Waals surface area contributed by atoms with E-state index in [9.17, 15) is 9.59 Å². The Hall–Kier alpha value is -1.84. The molecule has 1 saturated carbocycles. The minimum atomic E-state index is -0.0828. The summed E-state index contributed by atoms with van der Waals surface area (Å²) < 4.78 is 0. The highest BCUT2D eigenvalue weighted by atomic mass is 16.2. The number of anilines is 1. The summed E-state index contributed by atoms with van der Waals surface area (Å²) in [5.41, 5.74) is 2.10. The minimum Gasteiger partial charge on any atom is -0.367 e. The van der Waals surface area contributed by atoms with Gasteiger partial charge in [0, 0.05) is 5.69 Å². The van der Waals surface area contributed by atoms with Gasteiger partial charge >= 0.3 is 0 Å². The number of likely N-dealkylation sites (tertiary alicyclic amines) is 1. The van der Waals surface area contributed by atoms with E-state index in [1.54, 1.807) is 0 Å². The van der Waals surface area contributed by atoms with Gasteiger partial charge in [-0.05, 0) is 49.8 Å². The molecule has 2 aliphatic rings. The zero-order valence-corrected chi connectivity index (χ0v) is 12.6. The van der Waals surface area contributed by atoms with Crippen LogP contribution in [0.3, 0.4) is 0 Å². The molecule has 3 rings (SSSR count). The van der Waals surface area contributed by atoms with Crippen molar-refractivity contribution in [2.45, 2.75) is 33.1 Å². The molecule has 21 heavy (non-hydrogen) atoms. The van der Waals surface area contributed by atoms with Crippen LogP contribution in [0.2, 0.25) is 0 Å². The summed E-state index contributed by atoms with van der Waals surface area (Å²) in [6, 6.07) is 7.95. The number of nitrogens with one attached hydrogen (secondary N) is 1. The molecular weight excluding hydrogens is 264 g/mol. The molecule has 1 saturated heterocycles. The predicted octanol–water partition coefficient (Wildman–Crippen LogP) is 2.79. The number of rotatable bonds is 3. The number of hydrogen-bond donors (Lipinski definition) is 1. The van der Waals surface area contributed by atoms with Gasteiger partial charge in [0.05, 0.1) is 18.5 Å². The highest BCUT2D eigenvalue weighted by Gasteiger charge is 2.49. The molecule has 2 fully saturated rings. The van der Waals surface area contributed by atoms with E-state index >= 15 is 0 Å². The average Bonchev–Trinajstić information content (AvgIpc) is 2.69. The summed E-state index contributed by atoms with van der Waals surface area (Å²) in [4.78, 5) is 26.3. The Morgan fingerprint density at radius 3 is 2.71 bits per heavy atom. The third-order valence-corrected chi connectivity index (χ3v) is 4.74. The van der Waals surface area contributed by atoms with Gasteiger partial charge in [0.15, 0.2) is 0 Å². The summed E-state index contributed by atoms with van der Waals surface area (Å²) >= 11 is 0. The minimum absolute atomic E-state index is 0.0108. The maximum Gasteiger partial charge on any atom is 0.234 e. The van der Waals surface area contributed by atoms with E-state index in [1.807, 2.05) is 31.2 Å². The van der Waals surface area contributed by atoms with Gasteiger partial charge in [-0.1, -0.05) is 19.1 Å². The Morgan fingerprint density at radius 2 is 1.95 bits per heavy atom. The SMILES string of the molecule is Cc1cccc(NCN2C(=O)[C@H]3C[C@H](C)CC[C@H]3C2=O)c1. The van der Waals surface area contributed by atoms with Crippen molar-refractivity contribution in [2.75, 3.05) is 12.0 Å². The summed E-state index contributed by atoms with van der Waals surface area (Å²) in [6.07, 6.45) is 2.77. The molecule has 1 aliphatic heterocycles. The van der Waals surface area contributed by atoms with Crippen molar-refractivity contribution in [1.82, 2.24) is 4.90 Å². The van der Waals surface area contributed by atoms with Gasteiger partial charge in [0.2, 0.25) is 11.8 Å². The van der Waals surface area contributed by atoms with Crippen LogP contribution in [0.15, 0.2) is 24.3 Å². The van der Waals surface area contributed by atoms with Crippen molar-refractivity contribution in [3.05, 3.63) is 29.8 Å². The summed E-state index contributed by atoms with van der Waals surface area (Å²) in [7, 11) is 0. The molecule has 1 N–H and O–H groups in total. The van der Waals surface area contributed by atoms with Crippen LogP contribution in [0, 0.1) is 24.7 Å². The number of nitrogens with zero attached hydrogens (tertiary/aromatic N) is 1. The molecule has 0 radical (unpaired) electrons. The number of hydrogen-bond acceptors (Lipinski definition) is 3. The van der Waals surface area contributed by atoms with Gasteiger partial charge < -0.3 is 5.32 Å². The van der Waals surface area contributed by atoms with Crippen LogP contribution in [-0.4, -0.2) is 23.4 Å². The standard InChI is InChI=1S/C17H22N2O2/c1-11-4-3-5-13(8-11)18-10-19-16(20)14-7-6-12(2)9-15(14)17(19)21/h3-5,8,12,14-15,18H,6-7,9-10H2,1-2H3/t12-,14-,15+/m1/s1. The van der Waals surface area contributed by atoms with Crippen LogP contribution < -0.4 is 5.32 Å². The molecule has 1 heterocycles. The van der Waals surface area contributed by atoms with E-state index in [0.717, 1.165) is 30.5 Å². The van der Waals surface area contributed by atoms with E-state index in [1.165, 1.54) is 4.90 Å². The molecule has 0 aromatic heterocycles. The Balaban J connectivity index is 1.68. The van der Waals surface area contributed by atoms with Crippen molar-refractivity contribution in [3.8, 4) is 0 Å². The van der Waals surface area contributed by atoms with Crippen LogP contribution in [0.4, 0.5) is 5.69 Å². The van der Waals surface area contributed by atoms with Gasteiger partial charge in [0.1, 0.15) is 0 Å². The molecule has 0 unspecified atom stereocenters. The number of carbonyl (C=O) groups excluding carboxylic acids is 2. The van der Waals surface area contributed by atoms with E-state index < -0.39 is 0 Å². The molecule has 112 valence electrons. The molecule has 3 atom stereocenters. The fraction of sp³-hybridized carbons (Fsp3) is 0.529. The summed E-state index contributed by atoms with van der Waals surface area (Å²) in [5.74, 6) is 0.412. The average molecular weight is 286 g/mol. The fourth-order valence-corrected chi connectivity index (χ4v) is 3.54. The maximum atomic E-state index is 12.4. The molecule has 2 amide bonds. The van der Waals surface area contributed by atoms with E-state index in [0.29, 0.717) is 5.92 Å². The third kappa shape index (κ3) is 2.67. The molecule has 1 aromatic rings. The lowest BCUT2D eigenvalue weighted by Crippen LogP contribution is -2.35. The van der Waals surface area contributed by atoms with Gasteiger partial charge in [-0.15, -0.1) is 0 Å². The second kappa shape index (κ2) is 5.51. The highest BCUT2D eigenvalue weighted by molar-refractivity contribution is 6.05. The highest BCUT2D eigenvalue weighted by Crippen LogP contribution is 2.40. The van der Waals surface area contributed by atoms with Crippen molar-refractivity contribution < 1.29 is 9.59 Å². The maximum absolute atomic E-state index is 12.4. The Kier molecular flexibility index (Phi) is 3.70. The van der Waals surface area contributed by atoms with Crippen LogP contribution in [-0.2, 0) is 9.59 Å². The van der Waals surface area contributed by atoms with Gasteiger partial charge in [-0.3, -0.25) is 14.5 Å². The van der Waals surface area contributed by atoms with E-state index in [-0.39, 0.29) is 30.3 Å². The van der Waals surface area contributed by atoms with Crippen molar-refractivity contribution in [3.63, 3.8) is 0 Å². The zero-order valence-electron chi connectivity index (χ0n) is 12.6. The van der Waals surface area contributed by atoms with Crippen LogP contribution >= 0.6 is 0 Å². The third-order valence-electron chi connectivity index (χ3n) is 4.74. The number of imide groups is 1. The lowest BCUT2D eigenvalue weighted by Gasteiger charge is -2.25. The van der Waals surface area contributed by atoms with Crippen molar-refractivity contribution >= 4 is 17.5 Å². The number of fused-ring (bicyclic) bond motifs is 1. The van der Waals surface area contributed by atoms with Crippen LogP contribution in [0.1, 0.15) is 31.7 Å². The normalized spacial score (nSPS) is 28.7. The predicted molar refractivity (Wildman–Crippen MR) is 81.5 cm³/mol. The first-order valence-electron chi connectivity index (χ1n) is 7.72. The summed E-state index contributed by atoms with van der Waals surface area (Å²) in [5, 5.41) is 3.19. The molecular formula is C17H22N2O2. The van der Waals surface area contributed by atoms with Gasteiger partial charge in [-0.2, -0.15) is 0 Å². The largest absolute Gasteiger partial charge is 0.367 e. The molecule has 4 nitrogen and oxygen atoms in total. The Morgan fingerprint density at radius 1 is 1.19 bits per heavy atom. The first-order chi connectivity index (χ1) is 10.1. The molecule has 0 spiro atoms. The Labute approximate surface area is 125 Å². The van der Waals surface area contributed by atoms with Gasteiger partial charge in [0.25, 0.3) is 0 Å². The molecule has 1 aliphatic carbocycles. The van der Waals surface area contributed by atoms with Crippen molar-refractivity contribution in [2.24, 2.45) is 17.8 Å². The second-order valence-electron chi connectivity index (χ2n) is 6.44. The van der Waals surface area contributed by atoms with Gasteiger partial charge in [-0.25, -0.2) is 0 Å². The van der Waals surface area contributed by atoms with E-state index in [4.69, 9.17) is 0 Å². The molecule has 0 bridgehead atoms. The lowest BCUT2D eigenvalue weighted by atomic mass is 9.76. The molecule has 1 aromatic carbocycles. The Bertz CT molecular complexity index is 570. The smallest absolute Gasteiger partial charge is 0.234 e. The quantitative estimate of drug-likeness (QED) is 0.869. The zero-order chi connectivity index (χ0) is 15.0. The number of benzene rings is 1. The van der Waals surface area contributed by atoms with E-state index in [2.05, 4.69) is 12.2 Å². The number of carbonyl (C=O) groups is 2. The number of aryl methyl sites for hydroxylation is 1.